The van der Waals surface area contributed by atoms with E-state index in [4.69, 9.17) is 22.4 Å². The Hall–Kier alpha value is -0.745. The lowest BCUT2D eigenvalue weighted by atomic mass is 9.85. The van der Waals surface area contributed by atoms with Gasteiger partial charge in [0.05, 0.1) is 27.2 Å². The summed E-state index contributed by atoms with van der Waals surface area (Å²) < 4.78 is 10.6. The lowest BCUT2D eigenvalue weighted by molar-refractivity contribution is 0.0157. The molecule has 0 aliphatic carbocycles. The van der Waals surface area contributed by atoms with Gasteiger partial charge in [-0.15, -0.1) is 0 Å². The molecule has 1 heterocycles. The summed E-state index contributed by atoms with van der Waals surface area (Å²) in [6.07, 6.45) is -0.599. The fraction of sp³-hybridized carbons (Fsp3) is 0.909. The summed E-state index contributed by atoms with van der Waals surface area (Å²) in [5.74, 6) is -0.228. The molecule has 2 atom stereocenters. The highest BCUT2D eigenvalue weighted by atomic mass is 16.6. The molecule has 0 aromatic carbocycles. The summed E-state index contributed by atoms with van der Waals surface area (Å²) in [6.45, 7) is 6.49. The summed E-state index contributed by atoms with van der Waals surface area (Å²) in [4.78, 5) is 13.3. The summed E-state index contributed by atoms with van der Waals surface area (Å²) in [6, 6.07) is 0. The maximum Gasteiger partial charge on any atom is 0.410 e. The van der Waals surface area contributed by atoms with Crippen LogP contribution in [0.25, 0.3) is 0 Å². The predicted molar refractivity (Wildman–Crippen MR) is 64.1 cm³/mol. The van der Waals surface area contributed by atoms with Gasteiger partial charge in [-0.2, -0.15) is 0 Å². The van der Waals surface area contributed by atoms with E-state index >= 15 is 0 Å². The smallest absolute Gasteiger partial charge is 0.410 e. The molecule has 1 aliphatic rings. The highest BCUT2D eigenvalue weighted by Crippen LogP contribution is 2.23. The van der Waals surface area contributed by atoms with Gasteiger partial charge in [0, 0.05) is 13.1 Å². The van der Waals surface area contributed by atoms with Crippen LogP contribution in [0.4, 0.5) is 4.79 Å². The van der Waals surface area contributed by atoms with Crippen LogP contribution < -0.4 is 0 Å². The van der Waals surface area contributed by atoms with E-state index in [1.165, 1.54) is 4.90 Å². The van der Waals surface area contributed by atoms with Crippen molar-refractivity contribution in [3.05, 3.63) is 0 Å². The maximum absolute atomic E-state index is 11.8. The zero-order chi connectivity index (χ0) is 13.1. The number of likely N-dealkylation sites (tertiary alicyclic amines) is 1. The number of hydrogen-bond donors (Lipinski definition) is 1. The Balaban J connectivity index is 2.45. The molecule has 1 rings (SSSR count). The first-order chi connectivity index (χ1) is 7.83. The van der Waals surface area contributed by atoms with Crippen molar-refractivity contribution in [3.8, 4) is 0 Å². The third-order valence-electron chi connectivity index (χ3n) is 2.38. The Kier molecular flexibility index (Phi) is 4.83. The Bertz CT molecular complexity index is 267. The number of nitrogens with zero attached hydrogens (tertiary/aromatic N) is 1. The van der Waals surface area contributed by atoms with Crippen molar-refractivity contribution in [3.63, 3.8) is 0 Å². The first-order valence-corrected chi connectivity index (χ1v) is 5.79. The molecule has 0 spiro atoms. The molecule has 0 aromatic rings. The van der Waals surface area contributed by atoms with Gasteiger partial charge in [0.25, 0.3) is 0 Å². The molecule has 1 saturated heterocycles. The summed E-state index contributed by atoms with van der Waals surface area (Å²) in [5, 5.41) is 8.67. The number of ether oxygens (including phenoxy) is 2. The fourth-order valence-electron chi connectivity index (χ4n) is 1.66. The molecule has 0 bridgehead atoms. The normalized spacial score (nSPS) is 25.1. The zero-order valence-corrected chi connectivity index (χ0v) is 10.7. The second-order valence-corrected chi connectivity index (χ2v) is 5.18. The van der Waals surface area contributed by atoms with E-state index in [1.54, 1.807) is 0 Å². The van der Waals surface area contributed by atoms with Crippen LogP contribution in [0.5, 0.6) is 0 Å². The minimum atomic E-state index is -0.509. The monoisotopic (exact) mass is 241 g/mol. The van der Waals surface area contributed by atoms with Gasteiger partial charge in [0.15, 0.2) is 0 Å². The molecule has 0 unspecified atom stereocenters. The minimum Gasteiger partial charge on any atom is -0.444 e. The van der Waals surface area contributed by atoms with Crippen LogP contribution in [0, 0.1) is 0 Å². The van der Waals surface area contributed by atoms with E-state index < -0.39 is 5.60 Å². The zero-order valence-electron chi connectivity index (χ0n) is 10.7. The SMILES string of the molecule is [B][C@@H]1CN(C(=O)OC(C)(C)C)C[C@H]1OCCO. The molecule has 0 saturated carbocycles. The maximum atomic E-state index is 11.8. The lowest BCUT2D eigenvalue weighted by Gasteiger charge is -2.24. The van der Waals surface area contributed by atoms with E-state index in [9.17, 15) is 4.79 Å². The number of aliphatic hydroxyl groups is 1. The summed E-state index contributed by atoms with van der Waals surface area (Å²) in [5.41, 5.74) is -0.509. The van der Waals surface area contributed by atoms with Crippen molar-refractivity contribution in [1.29, 1.82) is 0 Å². The standard InChI is InChI=1S/C11H20BNO4/c1-11(2,3)17-10(15)13-6-8(12)9(7-13)16-5-4-14/h8-9,14H,4-7H2,1-3H3/t8-,9-/m1/s1. The second-order valence-electron chi connectivity index (χ2n) is 5.18. The van der Waals surface area contributed by atoms with E-state index in [0.29, 0.717) is 13.1 Å². The van der Waals surface area contributed by atoms with Gasteiger partial charge < -0.3 is 19.5 Å². The minimum absolute atomic E-state index is 0.0460. The van der Waals surface area contributed by atoms with Gasteiger partial charge in [-0.05, 0) is 26.6 Å². The third kappa shape index (κ3) is 4.56. The van der Waals surface area contributed by atoms with Crippen LogP contribution in [0.3, 0.4) is 0 Å². The van der Waals surface area contributed by atoms with Gasteiger partial charge in [-0.1, -0.05) is 0 Å². The molecule has 0 aromatic heterocycles. The molecule has 1 N–H and O–H groups in total. The molecule has 2 radical (unpaired) electrons. The Morgan fingerprint density at radius 1 is 1.47 bits per heavy atom. The Morgan fingerprint density at radius 3 is 2.65 bits per heavy atom. The van der Waals surface area contributed by atoms with Crippen molar-refractivity contribution in [2.24, 2.45) is 0 Å². The molecule has 96 valence electrons. The van der Waals surface area contributed by atoms with Crippen LogP contribution in [-0.4, -0.2) is 62.0 Å². The molecule has 1 fully saturated rings. The van der Waals surface area contributed by atoms with Gasteiger partial charge in [0.1, 0.15) is 5.60 Å². The van der Waals surface area contributed by atoms with Crippen molar-refractivity contribution in [2.45, 2.75) is 38.3 Å². The van der Waals surface area contributed by atoms with Crippen LogP contribution in [-0.2, 0) is 9.47 Å². The van der Waals surface area contributed by atoms with Gasteiger partial charge >= 0.3 is 6.09 Å². The molecule has 17 heavy (non-hydrogen) atoms. The van der Waals surface area contributed by atoms with Crippen LogP contribution in [0.1, 0.15) is 20.8 Å². The number of carbonyl (C=O) groups is 1. The van der Waals surface area contributed by atoms with E-state index in [0.717, 1.165) is 0 Å². The molecular weight excluding hydrogens is 221 g/mol. The first-order valence-electron chi connectivity index (χ1n) is 5.79. The topological polar surface area (TPSA) is 59.0 Å². The highest BCUT2D eigenvalue weighted by molar-refractivity contribution is 6.12. The number of hydrogen-bond acceptors (Lipinski definition) is 4. The average molecular weight is 241 g/mol. The number of amides is 1. The molecule has 5 nitrogen and oxygen atoms in total. The summed E-state index contributed by atoms with van der Waals surface area (Å²) in [7, 11) is 5.86. The van der Waals surface area contributed by atoms with Crippen LogP contribution >= 0.6 is 0 Å². The predicted octanol–water partition coefficient (Wildman–Crippen LogP) is 0.572. The fourth-order valence-corrected chi connectivity index (χ4v) is 1.66. The number of aliphatic hydroxyl groups excluding tert-OH is 1. The number of carbonyl (C=O) groups excluding carboxylic acids is 1. The number of rotatable bonds is 3. The van der Waals surface area contributed by atoms with Gasteiger partial charge in [0.2, 0.25) is 0 Å². The molecule has 6 heteroatoms. The lowest BCUT2D eigenvalue weighted by Crippen LogP contribution is -2.36. The van der Waals surface area contributed by atoms with Crippen LogP contribution in [0.2, 0.25) is 5.82 Å². The molecule has 1 amide bonds. The van der Waals surface area contributed by atoms with Crippen LogP contribution in [0.15, 0.2) is 0 Å². The van der Waals surface area contributed by atoms with E-state index in [-0.39, 0.29) is 31.2 Å². The molecular formula is C11H20BNO4. The largest absolute Gasteiger partial charge is 0.444 e. The Morgan fingerprint density at radius 2 is 2.12 bits per heavy atom. The van der Waals surface area contributed by atoms with E-state index in [2.05, 4.69) is 0 Å². The highest BCUT2D eigenvalue weighted by Gasteiger charge is 2.34. The quantitative estimate of drug-likeness (QED) is 0.734. The van der Waals surface area contributed by atoms with Crippen molar-refractivity contribution >= 4 is 13.9 Å². The average Bonchev–Trinajstić information content (AvgIpc) is 2.54. The first kappa shape index (κ1) is 14.3. The van der Waals surface area contributed by atoms with Crippen molar-refractivity contribution < 1.29 is 19.4 Å². The van der Waals surface area contributed by atoms with Crippen molar-refractivity contribution in [1.82, 2.24) is 4.90 Å². The summed E-state index contributed by atoms with van der Waals surface area (Å²) >= 11 is 0. The third-order valence-corrected chi connectivity index (χ3v) is 2.38. The van der Waals surface area contributed by atoms with Gasteiger partial charge in [-0.25, -0.2) is 4.79 Å². The van der Waals surface area contributed by atoms with E-state index in [1.807, 2.05) is 20.8 Å². The van der Waals surface area contributed by atoms with Crippen molar-refractivity contribution in [2.75, 3.05) is 26.3 Å². The molecule has 1 aliphatic heterocycles. The second kappa shape index (κ2) is 5.73. The van der Waals surface area contributed by atoms with Gasteiger partial charge in [-0.3, -0.25) is 0 Å². The Labute approximate surface area is 103 Å².